The number of aliphatic carboxylic acids is 2. The van der Waals surface area contributed by atoms with Crippen molar-refractivity contribution >= 4 is 17.8 Å². The lowest BCUT2D eigenvalue weighted by molar-refractivity contribution is -0.159. The van der Waals surface area contributed by atoms with E-state index in [2.05, 4.69) is 5.32 Å². The Bertz CT molecular complexity index is 538. The second-order valence-electron chi connectivity index (χ2n) is 4.97. The Balaban J connectivity index is 0.000000413. The smallest absolute Gasteiger partial charge is 0.414 e. The molecule has 2 rings (SSSR count). The molecule has 1 aromatic rings. The monoisotopic (exact) mass is 340 g/mol. The maximum Gasteiger partial charge on any atom is 0.414 e. The Morgan fingerprint density at radius 2 is 1.83 bits per heavy atom. The number of carbonyl (C=O) groups is 3. The molecule has 1 amide bonds. The van der Waals surface area contributed by atoms with Gasteiger partial charge in [0.2, 0.25) is 5.91 Å². The molecule has 132 valence electrons. The first-order valence-corrected chi connectivity index (χ1v) is 7.19. The molecular formula is C15H20N2O7. The van der Waals surface area contributed by atoms with Crippen molar-refractivity contribution in [3.8, 4) is 5.75 Å². The highest BCUT2D eigenvalue weighted by atomic mass is 16.5. The molecule has 1 heterocycles. The van der Waals surface area contributed by atoms with Gasteiger partial charge in [-0.1, -0.05) is 18.2 Å². The Morgan fingerprint density at radius 3 is 2.38 bits per heavy atom. The van der Waals surface area contributed by atoms with Crippen LogP contribution in [0, 0.1) is 0 Å². The molecule has 0 bridgehead atoms. The lowest BCUT2D eigenvalue weighted by Crippen LogP contribution is -2.50. The van der Waals surface area contributed by atoms with Crippen molar-refractivity contribution in [1.82, 2.24) is 10.2 Å². The van der Waals surface area contributed by atoms with Gasteiger partial charge in [0.05, 0.1) is 6.54 Å². The number of carboxylic acid groups (broad SMARTS) is 2. The summed E-state index contributed by atoms with van der Waals surface area (Å²) in [5, 5.41) is 27.4. The molecule has 1 aromatic carbocycles. The summed E-state index contributed by atoms with van der Waals surface area (Å²) in [4.78, 5) is 31.3. The molecule has 1 unspecified atom stereocenters. The molecule has 1 aliphatic heterocycles. The standard InChI is InChI=1S/C13H18N2O3.C2H2O4/c16-11(8-15-7-6-14-13(17)9-15)10-18-12-4-2-1-3-5-12;3-1(4)2(5)6/h1-5,11,16H,6-10H2,(H,14,17);(H,3,4)(H,5,6). The molecule has 9 nitrogen and oxygen atoms in total. The predicted octanol–water partition coefficient (Wildman–Crippen LogP) is -0.986. The third-order valence-corrected chi connectivity index (χ3v) is 2.95. The van der Waals surface area contributed by atoms with Crippen molar-refractivity contribution in [2.24, 2.45) is 0 Å². The molecular weight excluding hydrogens is 320 g/mol. The summed E-state index contributed by atoms with van der Waals surface area (Å²) in [6.45, 7) is 2.46. The number of nitrogens with zero attached hydrogens (tertiary/aromatic N) is 1. The quantitative estimate of drug-likeness (QED) is 0.502. The van der Waals surface area contributed by atoms with E-state index >= 15 is 0 Å². The summed E-state index contributed by atoms with van der Waals surface area (Å²) < 4.78 is 5.46. The van der Waals surface area contributed by atoms with E-state index in [1.807, 2.05) is 35.2 Å². The molecule has 0 saturated carbocycles. The van der Waals surface area contributed by atoms with E-state index in [9.17, 15) is 9.90 Å². The van der Waals surface area contributed by atoms with Crippen LogP contribution in [0.2, 0.25) is 0 Å². The van der Waals surface area contributed by atoms with Crippen LogP contribution in [0.4, 0.5) is 0 Å². The molecule has 1 atom stereocenters. The molecule has 0 aliphatic carbocycles. The molecule has 1 saturated heterocycles. The van der Waals surface area contributed by atoms with Crippen LogP contribution in [0.5, 0.6) is 5.75 Å². The molecule has 0 spiro atoms. The van der Waals surface area contributed by atoms with Gasteiger partial charge in [-0.2, -0.15) is 0 Å². The highest BCUT2D eigenvalue weighted by Crippen LogP contribution is 2.08. The van der Waals surface area contributed by atoms with Crippen LogP contribution in [0.25, 0.3) is 0 Å². The first-order chi connectivity index (χ1) is 11.4. The number of carboxylic acids is 2. The first-order valence-electron chi connectivity index (χ1n) is 7.19. The van der Waals surface area contributed by atoms with Gasteiger partial charge in [-0.05, 0) is 12.1 Å². The number of aliphatic hydroxyl groups is 1. The van der Waals surface area contributed by atoms with E-state index < -0.39 is 18.0 Å². The Kier molecular flexibility index (Phi) is 8.23. The van der Waals surface area contributed by atoms with Gasteiger partial charge < -0.3 is 25.4 Å². The summed E-state index contributed by atoms with van der Waals surface area (Å²) in [6.07, 6.45) is -0.587. The van der Waals surface area contributed by atoms with Crippen LogP contribution < -0.4 is 10.1 Å². The Labute approximate surface area is 138 Å². The van der Waals surface area contributed by atoms with Crippen molar-refractivity contribution in [3.05, 3.63) is 30.3 Å². The zero-order valence-electron chi connectivity index (χ0n) is 12.9. The molecule has 4 N–H and O–H groups in total. The van der Waals surface area contributed by atoms with Gasteiger partial charge in [0.15, 0.2) is 0 Å². The van der Waals surface area contributed by atoms with Gasteiger partial charge >= 0.3 is 11.9 Å². The van der Waals surface area contributed by atoms with Crippen molar-refractivity contribution in [3.63, 3.8) is 0 Å². The van der Waals surface area contributed by atoms with E-state index in [-0.39, 0.29) is 12.5 Å². The maximum absolute atomic E-state index is 11.2. The van der Waals surface area contributed by atoms with Crippen LogP contribution in [-0.2, 0) is 14.4 Å². The lowest BCUT2D eigenvalue weighted by Gasteiger charge is -2.28. The van der Waals surface area contributed by atoms with Crippen molar-refractivity contribution < 1.29 is 34.4 Å². The second-order valence-corrected chi connectivity index (χ2v) is 4.97. The second kappa shape index (κ2) is 10.2. The van der Waals surface area contributed by atoms with Crippen molar-refractivity contribution in [2.75, 3.05) is 32.8 Å². The number of rotatable bonds is 5. The summed E-state index contributed by atoms with van der Waals surface area (Å²) in [5.41, 5.74) is 0. The van der Waals surface area contributed by atoms with Gasteiger partial charge in [-0.25, -0.2) is 9.59 Å². The number of hydrogen-bond donors (Lipinski definition) is 4. The summed E-state index contributed by atoms with van der Waals surface area (Å²) in [5.74, 6) is -2.89. The minimum absolute atomic E-state index is 0.0115. The highest BCUT2D eigenvalue weighted by molar-refractivity contribution is 6.27. The number of β-amino-alcohol motifs (C(OH)–C–C–N with tert-alkyl or cyclic N) is 1. The van der Waals surface area contributed by atoms with E-state index in [4.69, 9.17) is 24.5 Å². The van der Waals surface area contributed by atoms with Crippen LogP contribution in [0.15, 0.2) is 30.3 Å². The Hall–Kier alpha value is -2.65. The fourth-order valence-corrected chi connectivity index (χ4v) is 1.91. The van der Waals surface area contributed by atoms with Gasteiger partial charge in [0.25, 0.3) is 0 Å². The van der Waals surface area contributed by atoms with Crippen molar-refractivity contribution in [2.45, 2.75) is 6.10 Å². The molecule has 1 aliphatic rings. The van der Waals surface area contributed by atoms with E-state index in [0.717, 1.165) is 12.3 Å². The number of benzene rings is 1. The molecule has 24 heavy (non-hydrogen) atoms. The van der Waals surface area contributed by atoms with Crippen LogP contribution >= 0.6 is 0 Å². The minimum atomic E-state index is -1.82. The Morgan fingerprint density at radius 1 is 1.21 bits per heavy atom. The largest absolute Gasteiger partial charge is 0.491 e. The van der Waals surface area contributed by atoms with Gasteiger partial charge in [-0.15, -0.1) is 0 Å². The summed E-state index contributed by atoms with van der Waals surface area (Å²) >= 11 is 0. The number of piperazine rings is 1. The number of ether oxygens (including phenoxy) is 1. The van der Waals surface area contributed by atoms with Gasteiger partial charge in [0, 0.05) is 19.6 Å². The highest BCUT2D eigenvalue weighted by Gasteiger charge is 2.19. The number of carbonyl (C=O) groups excluding carboxylic acids is 1. The fourth-order valence-electron chi connectivity index (χ4n) is 1.91. The van der Waals surface area contributed by atoms with E-state index in [1.54, 1.807) is 0 Å². The maximum atomic E-state index is 11.2. The first kappa shape index (κ1) is 19.4. The fraction of sp³-hybridized carbons (Fsp3) is 0.400. The summed E-state index contributed by atoms with van der Waals surface area (Å²) in [7, 11) is 0. The average molecular weight is 340 g/mol. The number of amides is 1. The molecule has 0 aromatic heterocycles. The summed E-state index contributed by atoms with van der Waals surface area (Å²) in [6, 6.07) is 9.38. The zero-order valence-corrected chi connectivity index (χ0v) is 12.9. The number of nitrogens with one attached hydrogen (secondary N) is 1. The molecule has 0 radical (unpaired) electrons. The number of para-hydroxylation sites is 1. The SMILES string of the molecule is O=C(O)C(=O)O.O=C1CN(CC(O)COc2ccccc2)CCN1. The van der Waals surface area contributed by atoms with Crippen LogP contribution in [-0.4, -0.2) is 77.0 Å². The lowest BCUT2D eigenvalue weighted by atomic mass is 10.3. The van der Waals surface area contributed by atoms with Crippen LogP contribution in [0.1, 0.15) is 0 Å². The number of hydrogen-bond acceptors (Lipinski definition) is 6. The molecule has 9 heteroatoms. The van der Waals surface area contributed by atoms with E-state index in [1.165, 1.54) is 0 Å². The third kappa shape index (κ3) is 8.11. The molecule has 1 fully saturated rings. The van der Waals surface area contributed by atoms with Crippen molar-refractivity contribution in [1.29, 1.82) is 0 Å². The van der Waals surface area contributed by atoms with E-state index in [0.29, 0.717) is 19.6 Å². The normalized spacial score (nSPS) is 15.5. The average Bonchev–Trinajstić information content (AvgIpc) is 2.54. The zero-order chi connectivity index (χ0) is 17.9. The third-order valence-electron chi connectivity index (χ3n) is 2.95. The van der Waals surface area contributed by atoms with Crippen LogP contribution in [0.3, 0.4) is 0 Å². The predicted molar refractivity (Wildman–Crippen MR) is 82.7 cm³/mol. The topological polar surface area (TPSA) is 136 Å². The minimum Gasteiger partial charge on any atom is -0.491 e. The number of aliphatic hydroxyl groups excluding tert-OH is 1. The van der Waals surface area contributed by atoms with Gasteiger partial charge in [-0.3, -0.25) is 9.69 Å². The van der Waals surface area contributed by atoms with Gasteiger partial charge in [0.1, 0.15) is 18.5 Å².